The first-order valence-corrected chi connectivity index (χ1v) is 9.67. The van der Waals surface area contributed by atoms with Gasteiger partial charge in [-0.2, -0.15) is 11.8 Å². The molecule has 2 heterocycles. The number of benzene rings is 1. The zero-order chi connectivity index (χ0) is 16.1. The highest BCUT2D eigenvalue weighted by Crippen LogP contribution is 2.35. The van der Waals surface area contributed by atoms with Crippen LogP contribution in [0.1, 0.15) is 18.5 Å². The number of β-amino-alcohol motifs (C(OH)–C–C–N with tert-alkyl or cyclic N) is 1. The molecule has 3 atom stereocenters. The molecule has 1 aromatic rings. The van der Waals surface area contributed by atoms with E-state index in [1.54, 1.807) is 0 Å². The number of morpholine rings is 1. The Balaban J connectivity index is 1.61. The van der Waals surface area contributed by atoms with Crippen LogP contribution >= 0.6 is 11.8 Å². The van der Waals surface area contributed by atoms with Crippen LogP contribution in [0.2, 0.25) is 0 Å². The number of aliphatic hydroxyl groups is 1. The summed E-state index contributed by atoms with van der Waals surface area (Å²) >= 11 is 2.04. The smallest absolute Gasteiger partial charge is 0.0794 e. The van der Waals surface area contributed by atoms with Crippen LogP contribution in [0.15, 0.2) is 30.3 Å². The monoisotopic (exact) mass is 336 g/mol. The lowest BCUT2D eigenvalue weighted by Crippen LogP contribution is -2.48. The Hall–Kier alpha value is -0.590. The van der Waals surface area contributed by atoms with Crippen LogP contribution in [0.5, 0.6) is 0 Å². The quantitative estimate of drug-likeness (QED) is 0.888. The Bertz CT molecular complexity index is 467. The Morgan fingerprint density at radius 2 is 1.91 bits per heavy atom. The Labute approximate surface area is 143 Å². The van der Waals surface area contributed by atoms with Gasteiger partial charge in [-0.25, -0.2) is 0 Å². The molecule has 2 aliphatic heterocycles. The van der Waals surface area contributed by atoms with Crippen LogP contribution in [0, 0.1) is 0 Å². The lowest BCUT2D eigenvalue weighted by atomic mass is 10.0. The van der Waals surface area contributed by atoms with Crippen molar-refractivity contribution >= 4 is 11.8 Å². The molecule has 5 heteroatoms. The summed E-state index contributed by atoms with van der Waals surface area (Å²) in [5.41, 5.74) is 1.37. The molecule has 0 aliphatic carbocycles. The number of hydrogen-bond acceptors (Lipinski definition) is 5. The van der Waals surface area contributed by atoms with Gasteiger partial charge in [0.05, 0.1) is 19.3 Å². The minimum atomic E-state index is -0.297. The molecule has 0 saturated carbocycles. The third kappa shape index (κ3) is 4.70. The summed E-state index contributed by atoms with van der Waals surface area (Å²) in [7, 11) is 0. The molecule has 0 amide bonds. The van der Waals surface area contributed by atoms with Gasteiger partial charge in [0.15, 0.2) is 0 Å². The molecule has 2 fully saturated rings. The summed E-state index contributed by atoms with van der Waals surface area (Å²) in [6, 6.07) is 11.1. The fraction of sp³-hybridized carbons (Fsp3) is 0.667. The van der Waals surface area contributed by atoms with Crippen LogP contribution < -0.4 is 0 Å². The average molecular weight is 337 g/mol. The van der Waals surface area contributed by atoms with Crippen LogP contribution in [0.3, 0.4) is 0 Å². The van der Waals surface area contributed by atoms with Gasteiger partial charge in [-0.1, -0.05) is 37.3 Å². The molecule has 4 nitrogen and oxygen atoms in total. The van der Waals surface area contributed by atoms with Crippen molar-refractivity contribution < 1.29 is 9.84 Å². The molecule has 1 N–H and O–H groups in total. The van der Waals surface area contributed by atoms with E-state index >= 15 is 0 Å². The highest BCUT2D eigenvalue weighted by molar-refractivity contribution is 8.00. The largest absolute Gasteiger partial charge is 0.390 e. The first kappa shape index (κ1) is 17.2. The fourth-order valence-electron chi connectivity index (χ4n) is 3.63. The van der Waals surface area contributed by atoms with Crippen molar-refractivity contribution in [3.63, 3.8) is 0 Å². The predicted molar refractivity (Wildman–Crippen MR) is 95.9 cm³/mol. The van der Waals surface area contributed by atoms with E-state index in [9.17, 15) is 5.11 Å². The van der Waals surface area contributed by atoms with Crippen molar-refractivity contribution in [2.24, 2.45) is 0 Å². The topological polar surface area (TPSA) is 35.9 Å². The molecule has 23 heavy (non-hydrogen) atoms. The van der Waals surface area contributed by atoms with Crippen molar-refractivity contribution in [1.29, 1.82) is 0 Å². The highest BCUT2D eigenvalue weighted by Gasteiger charge is 2.31. The van der Waals surface area contributed by atoms with Crippen molar-refractivity contribution in [3.05, 3.63) is 35.9 Å². The molecule has 0 aromatic heterocycles. The fourth-order valence-corrected chi connectivity index (χ4v) is 4.85. The van der Waals surface area contributed by atoms with E-state index in [-0.39, 0.29) is 6.10 Å². The number of ether oxygens (including phenoxy) is 1. The van der Waals surface area contributed by atoms with Crippen LogP contribution in [-0.4, -0.2) is 78.0 Å². The van der Waals surface area contributed by atoms with Crippen LogP contribution in [-0.2, 0) is 4.74 Å². The van der Waals surface area contributed by atoms with E-state index in [4.69, 9.17) is 4.74 Å². The first-order valence-electron chi connectivity index (χ1n) is 8.63. The maximum atomic E-state index is 10.6. The second-order valence-corrected chi connectivity index (χ2v) is 7.98. The number of rotatable bonds is 5. The van der Waals surface area contributed by atoms with Gasteiger partial charge >= 0.3 is 0 Å². The molecule has 0 spiro atoms. The lowest BCUT2D eigenvalue weighted by molar-refractivity contribution is 0.00313. The molecule has 2 saturated heterocycles. The van der Waals surface area contributed by atoms with Gasteiger partial charge in [0.1, 0.15) is 0 Å². The second kappa shape index (κ2) is 8.49. The summed E-state index contributed by atoms with van der Waals surface area (Å²) < 4.78 is 5.38. The summed E-state index contributed by atoms with van der Waals surface area (Å²) in [6.07, 6.45) is -0.297. The maximum Gasteiger partial charge on any atom is 0.0794 e. The summed E-state index contributed by atoms with van der Waals surface area (Å²) in [5.74, 6) is 1.15. The van der Waals surface area contributed by atoms with E-state index in [1.807, 2.05) is 11.8 Å². The highest BCUT2D eigenvalue weighted by atomic mass is 32.2. The van der Waals surface area contributed by atoms with Crippen LogP contribution in [0.25, 0.3) is 0 Å². The van der Waals surface area contributed by atoms with E-state index < -0.39 is 0 Å². The van der Waals surface area contributed by atoms with Crippen LogP contribution in [0.4, 0.5) is 0 Å². The minimum absolute atomic E-state index is 0.297. The van der Waals surface area contributed by atoms with E-state index in [0.717, 1.165) is 51.7 Å². The third-order valence-corrected chi connectivity index (χ3v) is 5.96. The Morgan fingerprint density at radius 1 is 1.17 bits per heavy atom. The van der Waals surface area contributed by atoms with Gasteiger partial charge in [-0.15, -0.1) is 0 Å². The van der Waals surface area contributed by atoms with E-state index in [1.165, 1.54) is 5.56 Å². The second-order valence-electron chi connectivity index (χ2n) is 6.49. The number of hydrogen-bond donors (Lipinski definition) is 1. The minimum Gasteiger partial charge on any atom is -0.390 e. The van der Waals surface area contributed by atoms with Gasteiger partial charge in [0.25, 0.3) is 0 Å². The van der Waals surface area contributed by atoms with Crippen molar-refractivity contribution in [2.75, 3.05) is 51.7 Å². The molecule has 0 bridgehead atoms. The molecule has 0 unspecified atom stereocenters. The third-order valence-electron chi connectivity index (χ3n) is 4.76. The van der Waals surface area contributed by atoms with Gasteiger partial charge in [0.2, 0.25) is 0 Å². The zero-order valence-electron chi connectivity index (χ0n) is 13.9. The summed E-state index contributed by atoms with van der Waals surface area (Å²) in [5, 5.41) is 11.1. The maximum absolute atomic E-state index is 10.6. The SMILES string of the molecule is C[C@@H]1SCCN(C[C@@H](O)CN2CCOCC2)[C@@H]1c1ccccc1. The first-order chi connectivity index (χ1) is 11.2. The predicted octanol–water partition coefficient (Wildman–Crippen LogP) is 1.86. The van der Waals surface area contributed by atoms with Crippen molar-refractivity contribution in [1.82, 2.24) is 9.80 Å². The molecule has 2 aliphatic rings. The molecule has 0 radical (unpaired) electrons. The van der Waals surface area contributed by atoms with Gasteiger partial charge in [-0.05, 0) is 5.56 Å². The Kier molecular flexibility index (Phi) is 6.36. The Morgan fingerprint density at radius 3 is 2.65 bits per heavy atom. The molecule has 1 aromatic carbocycles. The van der Waals surface area contributed by atoms with E-state index in [2.05, 4.69) is 47.1 Å². The molecular weight excluding hydrogens is 308 g/mol. The number of nitrogens with zero attached hydrogens (tertiary/aromatic N) is 2. The molecular formula is C18H28N2O2S. The lowest BCUT2D eigenvalue weighted by Gasteiger charge is -2.41. The number of aliphatic hydroxyl groups excluding tert-OH is 1. The van der Waals surface area contributed by atoms with Gasteiger partial charge < -0.3 is 9.84 Å². The zero-order valence-corrected chi connectivity index (χ0v) is 14.8. The number of thioether (sulfide) groups is 1. The average Bonchev–Trinajstić information content (AvgIpc) is 2.56. The molecule has 128 valence electrons. The summed E-state index contributed by atoms with van der Waals surface area (Å²) in [6.45, 7) is 8.31. The molecule has 3 rings (SSSR count). The standard InChI is InChI=1S/C18H28N2O2S/c1-15-18(16-5-3-2-4-6-16)20(9-12-23-15)14-17(21)13-19-7-10-22-11-8-19/h2-6,15,17-18,21H,7-14H2,1H3/t15-,17-,18-/m0/s1. The van der Waals surface area contributed by atoms with Crippen molar-refractivity contribution in [2.45, 2.75) is 24.3 Å². The van der Waals surface area contributed by atoms with Gasteiger partial charge in [-0.3, -0.25) is 9.80 Å². The summed E-state index contributed by atoms with van der Waals surface area (Å²) in [4.78, 5) is 4.79. The van der Waals surface area contributed by atoms with Crippen molar-refractivity contribution in [3.8, 4) is 0 Å². The van der Waals surface area contributed by atoms with Gasteiger partial charge in [0, 0.05) is 49.8 Å². The van der Waals surface area contributed by atoms with E-state index in [0.29, 0.717) is 11.3 Å². The normalized spacial score (nSPS) is 28.6.